The number of nitrogens with two attached hydrogens (primary N) is 1. The molecule has 0 aliphatic rings. The summed E-state index contributed by atoms with van der Waals surface area (Å²) in [7, 11) is 0. The van der Waals surface area contributed by atoms with Gasteiger partial charge >= 0.3 is 11.9 Å². The minimum absolute atomic E-state index is 0.138. The van der Waals surface area contributed by atoms with Crippen molar-refractivity contribution >= 4 is 34.6 Å². The minimum Gasteiger partial charge on any atom is -0.473 e. The first-order valence-electron chi connectivity index (χ1n) is 7.60. The lowest BCUT2D eigenvalue weighted by Gasteiger charge is -2.11. The maximum absolute atomic E-state index is 13.2. The number of benzene rings is 1. The van der Waals surface area contributed by atoms with E-state index in [-0.39, 0.29) is 12.1 Å². The van der Waals surface area contributed by atoms with Crippen molar-refractivity contribution in [2.24, 2.45) is 5.73 Å². The summed E-state index contributed by atoms with van der Waals surface area (Å²) in [6.07, 6.45) is 3.03. The smallest absolute Gasteiger partial charge is 0.414 e. The van der Waals surface area contributed by atoms with Gasteiger partial charge in [0.2, 0.25) is 0 Å². The highest BCUT2D eigenvalue weighted by Gasteiger charge is 2.14. The molecule has 0 saturated heterocycles. The van der Waals surface area contributed by atoms with Crippen molar-refractivity contribution in [3.05, 3.63) is 59.4 Å². The number of amides is 1. The Kier molecular flexibility index (Phi) is 6.22. The predicted molar refractivity (Wildman–Crippen MR) is 93.6 cm³/mol. The monoisotopic (exact) mass is 392 g/mol. The first kappa shape index (κ1) is 20.3. The molecule has 2 aromatic heterocycles. The van der Waals surface area contributed by atoms with Crippen LogP contribution in [0.25, 0.3) is 11.0 Å². The first-order chi connectivity index (χ1) is 13.2. The number of nitrogens with one attached hydrogen (secondary N) is 2. The second-order valence-corrected chi connectivity index (χ2v) is 5.39. The zero-order valence-corrected chi connectivity index (χ0v) is 14.1. The molecular weight excluding hydrogens is 378 g/mol. The molecule has 9 nitrogen and oxygen atoms in total. The van der Waals surface area contributed by atoms with E-state index in [4.69, 9.17) is 25.5 Å². The number of fused-ring (bicyclic) bond motifs is 1. The number of aromatic nitrogens is 2. The molecule has 0 spiro atoms. The lowest BCUT2D eigenvalue weighted by Crippen LogP contribution is -2.15. The number of rotatable bonds is 4. The number of halogens is 2. The average Bonchev–Trinajstić information content (AvgIpc) is 3.08. The number of hydrogen-bond acceptors (Lipinski definition) is 5. The number of carbonyl (C=O) groups is 3. The third kappa shape index (κ3) is 5.00. The zero-order chi connectivity index (χ0) is 20.8. The quantitative estimate of drug-likeness (QED) is 0.423. The Bertz CT molecular complexity index is 1020. The number of H-pyrrole nitrogens is 1. The van der Waals surface area contributed by atoms with E-state index in [1.165, 1.54) is 18.3 Å². The highest BCUT2D eigenvalue weighted by atomic mass is 19.1. The number of carboxylic acid groups (broad SMARTS) is 2. The van der Waals surface area contributed by atoms with E-state index < -0.39 is 29.5 Å². The molecule has 0 atom stereocenters. The molecule has 1 aromatic carbocycles. The lowest BCUT2D eigenvalue weighted by molar-refractivity contribution is -0.159. The van der Waals surface area contributed by atoms with E-state index in [1.807, 2.05) is 0 Å². The van der Waals surface area contributed by atoms with Gasteiger partial charge in [0.1, 0.15) is 17.3 Å². The maximum Gasteiger partial charge on any atom is 0.414 e. The molecule has 0 aliphatic heterocycles. The number of carboxylic acids is 2. The van der Waals surface area contributed by atoms with Gasteiger partial charge in [0.25, 0.3) is 5.91 Å². The summed E-state index contributed by atoms with van der Waals surface area (Å²) in [5, 5.41) is 18.5. The van der Waals surface area contributed by atoms with Crippen LogP contribution in [-0.4, -0.2) is 38.0 Å². The molecular formula is C17H14F2N4O5. The van der Waals surface area contributed by atoms with E-state index >= 15 is 0 Å². The van der Waals surface area contributed by atoms with E-state index in [9.17, 15) is 13.6 Å². The van der Waals surface area contributed by atoms with Gasteiger partial charge in [0.05, 0.1) is 11.3 Å². The molecule has 0 bridgehead atoms. The lowest BCUT2D eigenvalue weighted by atomic mass is 10.1. The van der Waals surface area contributed by atoms with E-state index in [0.717, 1.165) is 6.07 Å². The van der Waals surface area contributed by atoms with Gasteiger partial charge in [-0.3, -0.25) is 4.79 Å². The van der Waals surface area contributed by atoms with Crippen LogP contribution in [0.1, 0.15) is 15.9 Å². The highest BCUT2D eigenvalue weighted by molar-refractivity contribution is 6.27. The van der Waals surface area contributed by atoms with Crippen LogP contribution >= 0.6 is 0 Å². The summed E-state index contributed by atoms with van der Waals surface area (Å²) in [5.41, 5.74) is 7.02. The summed E-state index contributed by atoms with van der Waals surface area (Å²) in [6, 6.07) is 4.98. The molecule has 6 N–H and O–H groups in total. The number of aromatic amines is 1. The van der Waals surface area contributed by atoms with Gasteiger partial charge < -0.3 is 26.2 Å². The molecule has 0 aliphatic carbocycles. The Hall–Kier alpha value is -4.02. The van der Waals surface area contributed by atoms with Crippen LogP contribution in [0, 0.1) is 11.6 Å². The molecule has 3 aromatic rings. The van der Waals surface area contributed by atoms with Crippen LogP contribution < -0.4 is 11.1 Å². The van der Waals surface area contributed by atoms with Gasteiger partial charge in [0, 0.05) is 30.4 Å². The summed E-state index contributed by atoms with van der Waals surface area (Å²) >= 11 is 0. The Labute approximate surface area is 155 Å². The SMILES string of the molecule is NC(=O)c1cnc2[nH]ccc2c1NCc1cc(F)cc(F)c1.O=C(O)C(=O)O. The number of anilines is 1. The predicted octanol–water partition coefficient (Wildman–Crippen LogP) is 1.71. The third-order valence-electron chi connectivity index (χ3n) is 3.43. The average molecular weight is 392 g/mol. The largest absolute Gasteiger partial charge is 0.473 e. The normalized spacial score (nSPS) is 10.1. The van der Waals surface area contributed by atoms with Gasteiger partial charge in [-0.1, -0.05) is 0 Å². The van der Waals surface area contributed by atoms with E-state index in [2.05, 4.69) is 15.3 Å². The molecule has 0 saturated carbocycles. The van der Waals surface area contributed by atoms with Crippen molar-refractivity contribution in [2.75, 3.05) is 5.32 Å². The summed E-state index contributed by atoms with van der Waals surface area (Å²) in [6.45, 7) is 0.138. The number of hydrogen-bond donors (Lipinski definition) is 5. The van der Waals surface area contributed by atoms with Crippen molar-refractivity contribution in [1.82, 2.24) is 9.97 Å². The highest BCUT2D eigenvalue weighted by Crippen LogP contribution is 2.25. The molecule has 3 rings (SSSR count). The van der Waals surface area contributed by atoms with Gasteiger partial charge in [-0.2, -0.15) is 0 Å². The fourth-order valence-electron chi connectivity index (χ4n) is 2.29. The van der Waals surface area contributed by atoms with E-state index in [0.29, 0.717) is 22.3 Å². The molecule has 28 heavy (non-hydrogen) atoms. The van der Waals surface area contributed by atoms with Gasteiger partial charge in [0.15, 0.2) is 0 Å². The molecule has 0 unspecified atom stereocenters. The number of nitrogens with zero attached hydrogens (tertiary/aromatic N) is 1. The van der Waals surface area contributed by atoms with Crippen molar-refractivity contribution in [3.8, 4) is 0 Å². The topological polar surface area (TPSA) is 158 Å². The maximum atomic E-state index is 13.2. The standard InChI is InChI=1S/C15H12F2N4O.C2H2O4/c16-9-3-8(4-10(17)5-9)6-20-13-11-1-2-19-15(11)21-7-12(13)14(18)22;3-1(4)2(5)6/h1-5,7H,6H2,(H2,18,22)(H2,19,20,21);(H,3,4)(H,5,6). The zero-order valence-electron chi connectivity index (χ0n) is 14.1. The fourth-order valence-corrected chi connectivity index (χ4v) is 2.29. The fraction of sp³-hybridized carbons (Fsp3) is 0.0588. The second kappa shape index (κ2) is 8.58. The van der Waals surface area contributed by atoms with Crippen LogP contribution in [-0.2, 0) is 16.1 Å². The number of pyridine rings is 1. The molecule has 11 heteroatoms. The third-order valence-corrected chi connectivity index (χ3v) is 3.43. The summed E-state index contributed by atoms with van der Waals surface area (Å²) in [5.74, 6) is -5.60. The van der Waals surface area contributed by atoms with Crippen molar-refractivity contribution < 1.29 is 33.4 Å². The van der Waals surface area contributed by atoms with Crippen LogP contribution in [0.3, 0.4) is 0 Å². The van der Waals surface area contributed by atoms with Crippen molar-refractivity contribution in [3.63, 3.8) is 0 Å². The van der Waals surface area contributed by atoms with Gasteiger partial charge in [-0.25, -0.2) is 23.4 Å². The molecule has 1 amide bonds. The molecule has 0 fully saturated rings. The minimum atomic E-state index is -1.82. The molecule has 146 valence electrons. The Morgan fingerprint density at radius 3 is 2.25 bits per heavy atom. The van der Waals surface area contributed by atoms with Gasteiger partial charge in [-0.15, -0.1) is 0 Å². The van der Waals surface area contributed by atoms with Crippen LogP contribution in [0.4, 0.5) is 14.5 Å². The van der Waals surface area contributed by atoms with Crippen LogP contribution in [0.5, 0.6) is 0 Å². The second-order valence-electron chi connectivity index (χ2n) is 5.39. The Morgan fingerprint density at radius 1 is 1.11 bits per heavy atom. The molecule has 2 heterocycles. The number of carbonyl (C=O) groups excluding carboxylic acids is 1. The van der Waals surface area contributed by atoms with Gasteiger partial charge in [-0.05, 0) is 23.8 Å². The number of primary amides is 1. The Balaban J connectivity index is 0.000000409. The Morgan fingerprint density at radius 2 is 1.71 bits per heavy atom. The number of aliphatic carboxylic acids is 2. The van der Waals surface area contributed by atoms with E-state index in [1.54, 1.807) is 12.3 Å². The van der Waals surface area contributed by atoms with Crippen molar-refractivity contribution in [1.29, 1.82) is 0 Å². The first-order valence-corrected chi connectivity index (χ1v) is 7.60. The van der Waals surface area contributed by atoms with Crippen molar-refractivity contribution in [2.45, 2.75) is 6.54 Å². The van der Waals surface area contributed by atoms with Crippen LogP contribution in [0.2, 0.25) is 0 Å². The molecule has 0 radical (unpaired) electrons. The summed E-state index contributed by atoms with van der Waals surface area (Å²) in [4.78, 5) is 36.7. The van der Waals surface area contributed by atoms with Crippen LogP contribution in [0.15, 0.2) is 36.7 Å². The summed E-state index contributed by atoms with van der Waals surface area (Å²) < 4.78 is 26.4.